The fourth-order valence-corrected chi connectivity index (χ4v) is 2.16. The Hall–Kier alpha value is -1.89. The minimum absolute atomic E-state index is 0.00356. The van der Waals surface area contributed by atoms with Gasteiger partial charge in [-0.25, -0.2) is 4.98 Å². The molecule has 0 aliphatic heterocycles. The van der Waals surface area contributed by atoms with Crippen LogP contribution in [-0.4, -0.2) is 58.2 Å². The number of amides is 1. The molecule has 1 rings (SSSR count). The molecule has 7 nitrogen and oxygen atoms in total. The molecule has 0 fully saturated rings. The topological polar surface area (TPSA) is 84.7 Å². The van der Waals surface area contributed by atoms with Gasteiger partial charge in [0.15, 0.2) is 0 Å². The molecule has 1 heterocycles. The first-order valence-corrected chi connectivity index (χ1v) is 7.04. The van der Waals surface area contributed by atoms with E-state index < -0.39 is 5.97 Å². The number of hydrogen-bond acceptors (Lipinski definition) is 4. The Morgan fingerprint density at radius 2 is 2.24 bits per heavy atom. The molecule has 1 unspecified atom stereocenters. The summed E-state index contributed by atoms with van der Waals surface area (Å²) >= 11 is 0. The van der Waals surface area contributed by atoms with Crippen molar-refractivity contribution in [2.24, 2.45) is 0 Å². The maximum atomic E-state index is 12.3. The van der Waals surface area contributed by atoms with Crippen LogP contribution < -0.4 is 0 Å². The maximum absolute atomic E-state index is 12.3. The number of nitrogens with zero attached hydrogens (tertiary/aromatic N) is 3. The minimum atomic E-state index is -1.02. The van der Waals surface area contributed by atoms with Gasteiger partial charge in [-0.1, -0.05) is 13.3 Å². The van der Waals surface area contributed by atoms with Gasteiger partial charge in [-0.15, -0.1) is 0 Å². The van der Waals surface area contributed by atoms with Crippen LogP contribution in [0, 0.1) is 0 Å². The lowest BCUT2D eigenvalue weighted by Crippen LogP contribution is -2.39. The van der Waals surface area contributed by atoms with Crippen molar-refractivity contribution in [3.8, 4) is 0 Å². The number of imidazole rings is 1. The molecule has 1 aromatic heterocycles. The standard InChI is InChI=1S/C14H23N3O4/c1-3-4-12(17-6-5-15-11-17)9-13(18)16(7-8-21-2)10-14(19)20/h5-6,11-12H,3-4,7-10H2,1-2H3,(H,19,20). The molecule has 0 aliphatic carbocycles. The summed E-state index contributed by atoms with van der Waals surface area (Å²) in [5, 5.41) is 8.90. The van der Waals surface area contributed by atoms with Gasteiger partial charge in [0, 0.05) is 38.5 Å². The van der Waals surface area contributed by atoms with Crippen molar-refractivity contribution >= 4 is 11.9 Å². The first kappa shape index (κ1) is 17.2. The molecule has 7 heteroatoms. The van der Waals surface area contributed by atoms with Crippen molar-refractivity contribution in [1.29, 1.82) is 0 Å². The number of ether oxygens (including phenoxy) is 1. The summed E-state index contributed by atoms with van der Waals surface area (Å²) < 4.78 is 6.83. The molecule has 0 aliphatic rings. The van der Waals surface area contributed by atoms with Crippen LogP contribution in [0.1, 0.15) is 32.2 Å². The molecule has 0 saturated heterocycles. The van der Waals surface area contributed by atoms with E-state index in [9.17, 15) is 9.59 Å². The first-order chi connectivity index (χ1) is 10.1. The van der Waals surface area contributed by atoms with Crippen LogP contribution in [0.15, 0.2) is 18.7 Å². The second kappa shape index (κ2) is 9.12. The summed E-state index contributed by atoms with van der Waals surface area (Å²) in [6.45, 7) is 2.35. The Kier molecular flexibility index (Phi) is 7.45. The van der Waals surface area contributed by atoms with Crippen LogP contribution in [-0.2, 0) is 14.3 Å². The number of aliphatic carboxylic acids is 1. The summed E-state index contributed by atoms with van der Waals surface area (Å²) in [5.74, 6) is -1.20. The first-order valence-electron chi connectivity index (χ1n) is 7.04. The molecule has 0 spiro atoms. The van der Waals surface area contributed by atoms with Crippen LogP contribution in [0.5, 0.6) is 0 Å². The molecule has 118 valence electrons. The summed E-state index contributed by atoms with van der Waals surface area (Å²) in [5.41, 5.74) is 0. The molecule has 0 saturated carbocycles. The zero-order valence-corrected chi connectivity index (χ0v) is 12.6. The van der Waals surface area contributed by atoms with Crippen molar-refractivity contribution in [3.63, 3.8) is 0 Å². The van der Waals surface area contributed by atoms with Gasteiger partial charge in [-0.2, -0.15) is 0 Å². The highest BCUT2D eigenvalue weighted by Crippen LogP contribution is 2.19. The average Bonchev–Trinajstić information content (AvgIpc) is 2.96. The number of hydrogen-bond donors (Lipinski definition) is 1. The van der Waals surface area contributed by atoms with Crippen LogP contribution in [0.2, 0.25) is 0 Å². The minimum Gasteiger partial charge on any atom is -0.480 e. The second-order valence-corrected chi connectivity index (χ2v) is 4.86. The lowest BCUT2D eigenvalue weighted by atomic mass is 10.1. The van der Waals surface area contributed by atoms with Crippen LogP contribution in [0.4, 0.5) is 0 Å². The molecule has 0 aromatic carbocycles. The van der Waals surface area contributed by atoms with Gasteiger partial charge in [-0.05, 0) is 6.42 Å². The quantitative estimate of drug-likeness (QED) is 0.701. The zero-order chi connectivity index (χ0) is 15.7. The van der Waals surface area contributed by atoms with E-state index in [0.717, 1.165) is 12.8 Å². The predicted molar refractivity (Wildman–Crippen MR) is 76.9 cm³/mol. The van der Waals surface area contributed by atoms with Gasteiger partial charge in [0.1, 0.15) is 6.54 Å². The zero-order valence-electron chi connectivity index (χ0n) is 12.6. The van der Waals surface area contributed by atoms with E-state index in [-0.39, 0.29) is 31.5 Å². The third kappa shape index (κ3) is 5.95. The van der Waals surface area contributed by atoms with Crippen LogP contribution in [0.25, 0.3) is 0 Å². The van der Waals surface area contributed by atoms with E-state index in [1.807, 2.05) is 17.7 Å². The van der Waals surface area contributed by atoms with Crippen LogP contribution >= 0.6 is 0 Å². The number of rotatable bonds is 10. The smallest absolute Gasteiger partial charge is 0.323 e. The van der Waals surface area contributed by atoms with Gasteiger partial charge >= 0.3 is 5.97 Å². The third-order valence-corrected chi connectivity index (χ3v) is 3.22. The number of carboxylic acids is 1. The highest BCUT2D eigenvalue weighted by atomic mass is 16.5. The second-order valence-electron chi connectivity index (χ2n) is 4.86. The molecule has 1 aromatic rings. The molecule has 21 heavy (non-hydrogen) atoms. The van der Waals surface area contributed by atoms with Crippen molar-refractivity contribution in [2.45, 2.75) is 32.2 Å². The Morgan fingerprint density at radius 3 is 2.76 bits per heavy atom. The van der Waals surface area contributed by atoms with Gasteiger partial charge < -0.3 is 19.3 Å². The van der Waals surface area contributed by atoms with Gasteiger partial charge in [-0.3, -0.25) is 9.59 Å². The Labute approximate surface area is 124 Å². The number of carboxylic acid groups (broad SMARTS) is 1. The summed E-state index contributed by atoms with van der Waals surface area (Å²) in [7, 11) is 1.52. The number of methoxy groups -OCH3 is 1. The molecule has 1 atom stereocenters. The highest BCUT2D eigenvalue weighted by Gasteiger charge is 2.21. The number of aromatic nitrogens is 2. The van der Waals surface area contributed by atoms with E-state index in [1.165, 1.54) is 12.0 Å². The highest BCUT2D eigenvalue weighted by molar-refractivity contribution is 5.81. The molecular formula is C14H23N3O4. The van der Waals surface area contributed by atoms with Crippen LogP contribution in [0.3, 0.4) is 0 Å². The fourth-order valence-electron chi connectivity index (χ4n) is 2.16. The van der Waals surface area contributed by atoms with Gasteiger partial charge in [0.25, 0.3) is 0 Å². The largest absolute Gasteiger partial charge is 0.480 e. The number of carbonyl (C=O) groups excluding carboxylic acids is 1. The predicted octanol–water partition coefficient (Wildman–Crippen LogP) is 1.17. The van der Waals surface area contributed by atoms with E-state index in [0.29, 0.717) is 6.61 Å². The van der Waals surface area contributed by atoms with E-state index in [4.69, 9.17) is 9.84 Å². The number of carbonyl (C=O) groups is 2. The molecule has 0 radical (unpaired) electrons. The summed E-state index contributed by atoms with van der Waals surface area (Å²) in [6.07, 6.45) is 7.23. The Balaban J connectivity index is 2.69. The fraction of sp³-hybridized carbons (Fsp3) is 0.643. The monoisotopic (exact) mass is 297 g/mol. The molecule has 1 N–H and O–H groups in total. The van der Waals surface area contributed by atoms with Gasteiger partial charge in [0.05, 0.1) is 12.9 Å². The van der Waals surface area contributed by atoms with Gasteiger partial charge in [0.2, 0.25) is 5.91 Å². The van der Waals surface area contributed by atoms with Crippen molar-refractivity contribution in [2.75, 3.05) is 26.8 Å². The SMILES string of the molecule is CCCC(CC(=O)N(CCOC)CC(=O)O)n1ccnc1. The van der Waals surface area contributed by atoms with E-state index >= 15 is 0 Å². The van der Waals surface area contributed by atoms with Crippen molar-refractivity contribution in [1.82, 2.24) is 14.5 Å². The van der Waals surface area contributed by atoms with E-state index in [1.54, 1.807) is 12.5 Å². The maximum Gasteiger partial charge on any atom is 0.323 e. The summed E-state index contributed by atoms with van der Waals surface area (Å²) in [6, 6.07) is 0.00356. The summed E-state index contributed by atoms with van der Waals surface area (Å²) in [4.78, 5) is 28.5. The van der Waals surface area contributed by atoms with Crippen molar-refractivity contribution in [3.05, 3.63) is 18.7 Å². The lowest BCUT2D eigenvalue weighted by molar-refractivity contribution is -0.145. The van der Waals surface area contributed by atoms with Crippen molar-refractivity contribution < 1.29 is 19.4 Å². The molecule has 1 amide bonds. The lowest BCUT2D eigenvalue weighted by Gasteiger charge is -2.24. The Morgan fingerprint density at radius 1 is 1.48 bits per heavy atom. The average molecular weight is 297 g/mol. The molecule has 0 bridgehead atoms. The normalized spacial score (nSPS) is 12.1. The molecular weight excluding hydrogens is 274 g/mol. The third-order valence-electron chi connectivity index (χ3n) is 3.22. The van der Waals surface area contributed by atoms with E-state index in [2.05, 4.69) is 4.98 Å². The Bertz CT molecular complexity index is 433.